The fourth-order valence-electron chi connectivity index (χ4n) is 3.60. The van der Waals surface area contributed by atoms with Crippen LogP contribution in [0.4, 0.5) is 13.2 Å². The van der Waals surface area contributed by atoms with Crippen LogP contribution in [0.5, 0.6) is 5.75 Å². The number of alkyl halides is 3. The van der Waals surface area contributed by atoms with E-state index in [0.717, 1.165) is 41.1 Å². The lowest BCUT2D eigenvalue weighted by atomic mass is 10.1. The third-order valence-electron chi connectivity index (χ3n) is 5.33. The minimum Gasteiger partial charge on any atom is -0.493 e. The van der Waals surface area contributed by atoms with Crippen LogP contribution in [0, 0.1) is 6.92 Å². The number of hydrogen-bond donors (Lipinski definition) is 0. The Morgan fingerprint density at radius 3 is 2.50 bits per heavy atom. The number of thiazole rings is 1. The maximum absolute atomic E-state index is 13.7. The van der Waals surface area contributed by atoms with Crippen molar-refractivity contribution < 1.29 is 17.9 Å². The van der Waals surface area contributed by atoms with Crippen molar-refractivity contribution in [2.75, 3.05) is 6.61 Å². The monoisotopic (exact) mass is 461 g/mol. The molecule has 3 aromatic rings. The van der Waals surface area contributed by atoms with Crippen molar-refractivity contribution in [3.8, 4) is 17.0 Å². The standard InChI is InChI=1S/C26H30F3NOS/c1-3-4-5-6-7-8-14-31-24-13-12-20(16-22(24)26(27,28)29)17-25-30-23(18-32-25)21-11-9-10-19(2)15-21/h9-13,15-16,18H,3-8,14,17H2,1-2H3. The molecule has 0 aliphatic carbocycles. The summed E-state index contributed by atoms with van der Waals surface area (Å²) in [5.41, 5.74) is 2.87. The molecule has 0 radical (unpaired) electrons. The van der Waals surface area contributed by atoms with E-state index in [1.54, 1.807) is 6.07 Å². The lowest BCUT2D eigenvalue weighted by Crippen LogP contribution is -2.10. The maximum Gasteiger partial charge on any atom is 0.419 e. The average molecular weight is 462 g/mol. The Kier molecular flexibility index (Phi) is 8.74. The second-order valence-corrected chi connectivity index (χ2v) is 9.06. The zero-order valence-corrected chi connectivity index (χ0v) is 19.5. The highest BCUT2D eigenvalue weighted by Gasteiger charge is 2.34. The van der Waals surface area contributed by atoms with Crippen LogP contribution in [-0.2, 0) is 12.6 Å². The number of nitrogens with zero attached hydrogens (tertiary/aromatic N) is 1. The number of unbranched alkanes of at least 4 members (excludes halogenated alkanes) is 5. The van der Waals surface area contributed by atoms with Crippen molar-refractivity contribution in [2.45, 2.75) is 65.0 Å². The summed E-state index contributed by atoms with van der Waals surface area (Å²) >= 11 is 1.46. The van der Waals surface area contributed by atoms with Crippen molar-refractivity contribution >= 4 is 11.3 Å². The molecule has 2 nitrogen and oxygen atoms in total. The van der Waals surface area contributed by atoms with Crippen molar-refractivity contribution in [1.29, 1.82) is 0 Å². The molecule has 0 saturated carbocycles. The molecule has 0 fully saturated rings. The first-order valence-electron chi connectivity index (χ1n) is 11.2. The quantitative estimate of drug-likeness (QED) is 0.267. The first kappa shape index (κ1) is 24.3. The third-order valence-corrected chi connectivity index (χ3v) is 6.17. The van der Waals surface area contributed by atoms with Crippen LogP contribution in [0.15, 0.2) is 47.8 Å². The molecule has 0 amide bonds. The molecule has 2 aromatic carbocycles. The predicted molar refractivity (Wildman–Crippen MR) is 125 cm³/mol. The molecule has 0 aliphatic heterocycles. The normalized spacial score (nSPS) is 11.7. The number of ether oxygens (including phenoxy) is 1. The zero-order valence-electron chi connectivity index (χ0n) is 18.7. The molecule has 6 heteroatoms. The lowest BCUT2D eigenvalue weighted by molar-refractivity contribution is -0.139. The number of halogens is 3. The largest absolute Gasteiger partial charge is 0.493 e. The van der Waals surface area contributed by atoms with Gasteiger partial charge in [0.15, 0.2) is 0 Å². The van der Waals surface area contributed by atoms with E-state index in [1.165, 1.54) is 42.7 Å². The maximum atomic E-state index is 13.7. The van der Waals surface area contributed by atoms with E-state index in [4.69, 9.17) is 4.74 Å². The van der Waals surface area contributed by atoms with Gasteiger partial charge in [-0.3, -0.25) is 0 Å². The molecule has 172 valence electrons. The highest BCUT2D eigenvalue weighted by Crippen LogP contribution is 2.37. The van der Waals surface area contributed by atoms with Crippen molar-refractivity contribution in [1.82, 2.24) is 4.98 Å². The highest BCUT2D eigenvalue weighted by atomic mass is 32.1. The van der Waals surface area contributed by atoms with E-state index in [0.29, 0.717) is 18.6 Å². The van der Waals surface area contributed by atoms with Gasteiger partial charge in [0.05, 0.1) is 22.9 Å². The molecule has 0 spiro atoms. The van der Waals surface area contributed by atoms with Gasteiger partial charge in [0.2, 0.25) is 0 Å². The molecule has 0 bridgehead atoms. The minimum absolute atomic E-state index is 0.0885. The van der Waals surface area contributed by atoms with Gasteiger partial charge in [0, 0.05) is 17.4 Å². The summed E-state index contributed by atoms with van der Waals surface area (Å²) in [6, 6.07) is 12.4. The van der Waals surface area contributed by atoms with Crippen LogP contribution in [0.3, 0.4) is 0 Å². The molecular weight excluding hydrogens is 431 g/mol. The summed E-state index contributed by atoms with van der Waals surface area (Å²) in [6.45, 7) is 4.48. The summed E-state index contributed by atoms with van der Waals surface area (Å²) in [5.74, 6) is -0.0885. The third kappa shape index (κ3) is 7.09. The topological polar surface area (TPSA) is 22.1 Å². The Morgan fingerprint density at radius 2 is 1.75 bits per heavy atom. The van der Waals surface area contributed by atoms with E-state index in [9.17, 15) is 13.2 Å². The summed E-state index contributed by atoms with van der Waals surface area (Å²) in [7, 11) is 0. The lowest BCUT2D eigenvalue weighted by Gasteiger charge is -2.15. The number of rotatable bonds is 11. The highest BCUT2D eigenvalue weighted by molar-refractivity contribution is 7.10. The van der Waals surface area contributed by atoms with Gasteiger partial charge in [-0.2, -0.15) is 13.2 Å². The molecule has 1 heterocycles. The minimum atomic E-state index is -4.46. The zero-order chi connectivity index (χ0) is 23.0. The second kappa shape index (κ2) is 11.5. The summed E-state index contributed by atoms with van der Waals surface area (Å²) in [5, 5.41) is 2.74. The summed E-state index contributed by atoms with van der Waals surface area (Å²) < 4.78 is 46.5. The van der Waals surface area contributed by atoms with E-state index in [2.05, 4.69) is 18.0 Å². The van der Waals surface area contributed by atoms with Gasteiger partial charge in [-0.1, -0.05) is 68.9 Å². The van der Waals surface area contributed by atoms with Crippen molar-refractivity contribution in [2.24, 2.45) is 0 Å². The van der Waals surface area contributed by atoms with Gasteiger partial charge in [-0.05, 0) is 37.1 Å². The van der Waals surface area contributed by atoms with E-state index in [1.807, 2.05) is 30.5 Å². The summed E-state index contributed by atoms with van der Waals surface area (Å²) in [4.78, 5) is 4.63. The molecule has 0 atom stereocenters. The molecule has 0 N–H and O–H groups in total. The molecule has 32 heavy (non-hydrogen) atoms. The molecule has 1 aromatic heterocycles. The molecule has 0 unspecified atom stereocenters. The number of benzene rings is 2. The van der Waals surface area contributed by atoms with Gasteiger partial charge in [-0.15, -0.1) is 11.3 Å². The predicted octanol–water partition coefficient (Wildman–Crippen LogP) is 8.47. The van der Waals surface area contributed by atoms with Gasteiger partial charge in [0.1, 0.15) is 5.75 Å². The number of hydrogen-bond acceptors (Lipinski definition) is 3. The van der Waals surface area contributed by atoms with Crippen LogP contribution < -0.4 is 4.74 Å². The summed E-state index contributed by atoms with van der Waals surface area (Å²) in [6.07, 6.45) is 2.29. The van der Waals surface area contributed by atoms with E-state index >= 15 is 0 Å². The SMILES string of the molecule is CCCCCCCCOc1ccc(Cc2nc(-c3cccc(C)c3)cs2)cc1C(F)(F)F. The van der Waals surface area contributed by atoms with Gasteiger partial charge < -0.3 is 4.74 Å². The van der Waals surface area contributed by atoms with Crippen LogP contribution in [0.2, 0.25) is 0 Å². The van der Waals surface area contributed by atoms with Crippen molar-refractivity contribution in [3.63, 3.8) is 0 Å². The van der Waals surface area contributed by atoms with E-state index < -0.39 is 11.7 Å². The van der Waals surface area contributed by atoms with Crippen LogP contribution in [0.25, 0.3) is 11.3 Å². The van der Waals surface area contributed by atoms with Crippen molar-refractivity contribution in [3.05, 3.63) is 69.5 Å². The number of aromatic nitrogens is 1. The Hall–Kier alpha value is -2.34. The van der Waals surface area contributed by atoms with Gasteiger partial charge in [0.25, 0.3) is 0 Å². The Labute approximate surface area is 192 Å². The molecular formula is C26H30F3NOS. The Balaban J connectivity index is 1.65. The molecule has 3 rings (SSSR count). The Morgan fingerprint density at radius 1 is 0.969 bits per heavy atom. The van der Waals surface area contributed by atoms with Gasteiger partial charge >= 0.3 is 6.18 Å². The Bertz CT molecular complexity index is 997. The van der Waals surface area contributed by atoms with Crippen LogP contribution >= 0.6 is 11.3 Å². The first-order chi connectivity index (χ1) is 15.4. The first-order valence-corrected chi connectivity index (χ1v) is 12.1. The fourth-order valence-corrected chi connectivity index (χ4v) is 4.44. The number of aryl methyl sites for hydroxylation is 1. The van der Waals surface area contributed by atoms with Gasteiger partial charge in [-0.25, -0.2) is 4.98 Å². The van der Waals surface area contributed by atoms with Crippen LogP contribution in [0.1, 0.15) is 67.1 Å². The second-order valence-electron chi connectivity index (χ2n) is 8.12. The van der Waals surface area contributed by atoms with Crippen LogP contribution in [-0.4, -0.2) is 11.6 Å². The van der Waals surface area contributed by atoms with E-state index in [-0.39, 0.29) is 5.75 Å². The fraction of sp³-hybridized carbons (Fsp3) is 0.423. The average Bonchev–Trinajstić information content (AvgIpc) is 3.22. The smallest absolute Gasteiger partial charge is 0.419 e. The molecule has 0 aliphatic rings. The molecule has 0 saturated heterocycles.